The van der Waals surface area contributed by atoms with Gasteiger partial charge in [-0.15, -0.1) is 0 Å². The third-order valence-electron chi connectivity index (χ3n) is 2.54. The van der Waals surface area contributed by atoms with Gasteiger partial charge in [0.25, 0.3) is 0 Å². The van der Waals surface area contributed by atoms with Gasteiger partial charge in [-0.05, 0) is 42.8 Å². The standard InChI is InChI=1S/C14H14FNOS/c1-2-14(17)13-8-7-12(9-16-13)18-11-5-3-10(15)4-6-11/h3-9,14,17H,2H2,1H3/t14-/m0/s1. The largest absolute Gasteiger partial charge is 0.387 e. The van der Waals surface area contributed by atoms with Crippen molar-refractivity contribution < 1.29 is 9.50 Å². The van der Waals surface area contributed by atoms with Crippen molar-refractivity contribution in [2.75, 3.05) is 0 Å². The lowest BCUT2D eigenvalue weighted by Gasteiger charge is -2.07. The molecule has 0 aliphatic heterocycles. The molecule has 0 aliphatic rings. The second-order valence-electron chi connectivity index (χ2n) is 3.90. The molecule has 2 aromatic rings. The van der Waals surface area contributed by atoms with Gasteiger partial charge < -0.3 is 5.11 Å². The van der Waals surface area contributed by atoms with E-state index in [1.807, 2.05) is 19.1 Å². The Hall–Kier alpha value is -1.39. The fourth-order valence-electron chi connectivity index (χ4n) is 1.50. The van der Waals surface area contributed by atoms with Crippen molar-refractivity contribution >= 4 is 11.8 Å². The van der Waals surface area contributed by atoms with Crippen LogP contribution in [0.15, 0.2) is 52.4 Å². The Morgan fingerprint density at radius 1 is 1.17 bits per heavy atom. The molecule has 94 valence electrons. The van der Waals surface area contributed by atoms with Gasteiger partial charge >= 0.3 is 0 Å². The lowest BCUT2D eigenvalue weighted by molar-refractivity contribution is 0.169. The molecule has 0 amide bonds. The average Bonchev–Trinajstić information content (AvgIpc) is 2.41. The molecule has 2 nitrogen and oxygen atoms in total. The van der Waals surface area contributed by atoms with E-state index in [2.05, 4.69) is 4.98 Å². The summed E-state index contributed by atoms with van der Waals surface area (Å²) in [5.41, 5.74) is 0.681. The highest BCUT2D eigenvalue weighted by Gasteiger charge is 2.06. The number of nitrogens with zero attached hydrogens (tertiary/aromatic N) is 1. The van der Waals surface area contributed by atoms with E-state index in [1.165, 1.54) is 23.9 Å². The lowest BCUT2D eigenvalue weighted by atomic mass is 10.2. The van der Waals surface area contributed by atoms with E-state index in [-0.39, 0.29) is 5.82 Å². The molecule has 0 bridgehead atoms. The highest BCUT2D eigenvalue weighted by Crippen LogP contribution is 2.27. The number of rotatable bonds is 4. The van der Waals surface area contributed by atoms with Crippen LogP contribution < -0.4 is 0 Å². The Kier molecular flexibility index (Phi) is 4.33. The summed E-state index contributed by atoms with van der Waals surface area (Å²) in [5, 5.41) is 9.63. The summed E-state index contributed by atoms with van der Waals surface area (Å²) in [6, 6.07) is 10.1. The van der Waals surface area contributed by atoms with E-state index in [9.17, 15) is 9.50 Å². The van der Waals surface area contributed by atoms with Crippen LogP contribution in [0.2, 0.25) is 0 Å². The molecule has 4 heteroatoms. The van der Waals surface area contributed by atoms with Gasteiger partial charge in [-0.25, -0.2) is 4.39 Å². The molecule has 0 radical (unpaired) electrons. The van der Waals surface area contributed by atoms with Crippen LogP contribution in [0.1, 0.15) is 25.1 Å². The summed E-state index contributed by atoms with van der Waals surface area (Å²) in [7, 11) is 0. The fraction of sp³-hybridized carbons (Fsp3) is 0.214. The highest BCUT2D eigenvalue weighted by atomic mass is 32.2. The molecule has 18 heavy (non-hydrogen) atoms. The molecule has 1 aromatic carbocycles. The Morgan fingerprint density at radius 3 is 2.39 bits per heavy atom. The number of benzene rings is 1. The summed E-state index contributed by atoms with van der Waals surface area (Å²) >= 11 is 1.51. The summed E-state index contributed by atoms with van der Waals surface area (Å²) < 4.78 is 12.8. The second-order valence-corrected chi connectivity index (χ2v) is 5.05. The van der Waals surface area contributed by atoms with Gasteiger partial charge in [0.2, 0.25) is 0 Å². The van der Waals surface area contributed by atoms with Gasteiger partial charge in [-0.3, -0.25) is 4.98 Å². The fourth-order valence-corrected chi connectivity index (χ4v) is 2.28. The van der Waals surface area contributed by atoms with Gasteiger partial charge in [-0.1, -0.05) is 18.7 Å². The molecular formula is C14H14FNOS. The van der Waals surface area contributed by atoms with Crippen molar-refractivity contribution in [3.05, 3.63) is 54.1 Å². The quantitative estimate of drug-likeness (QED) is 0.910. The predicted octanol–water partition coefficient (Wildman–Crippen LogP) is 3.82. The first-order valence-electron chi connectivity index (χ1n) is 5.76. The maximum Gasteiger partial charge on any atom is 0.123 e. The Bertz CT molecular complexity index is 498. The third-order valence-corrected chi connectivity index (χ3v) is 3.52. The Morgan fingerprint density at radius 2 is 1.83 bits per heavy atom. The normalized spacial score (nSPS) is 12.4. The van der Waals surface area contributed by atoms with Crippen LogP contribution in [0.3, 0.4) is 0 Å². The first kappa shape index (κ1) is 13.1. The molecule has 0 saturated heterocycles. The summed E-state index contributed by atoms with van der Waals surface area (Å²) in [6.07, 6.45) is 1.87. The third kappa shape index (κ3) is 3.31. The second kappa shape index (κ2) is 5.98. The van der Waals surface area contributed by atoms with E-state index in [1.54, 1.807) is 18.3 Å². The predicted molar refractivity (Wildman–Crippen MR) is 70.0 cm³/mol. The monoisotopic (exact) mass is 263 g/mol. The van der Waals surface area contributed by atoms with Crippen LogP contribution in [0, 0.1) is 5.82 Å². The van der Waals surface area contributed by atoms with Gasteiger partial charge in [0.15, 0.2) is 0 Å². The first-order chi connectivity index (χ1) is 8.69. The molecular weight excluding hydrogens is 249 g/mol. The smallest absolute Gasteiger partial charge is 0.123 e. The van der Waals surface area contributed by atoms with E-state index >= 15 is 0 Å². The zero-order chi connectivity index (χ0) is 13.0. The van der Waals surface area contributed by atoms with Crippen molar-refractivity contribution in [3.63, 3.8) is 0 Å². The van der Waals surface area contributed by atoms with E-state index in [0.717, 1.165) is 9.79 Å². The molecule has 0 spiro atoms. The zero-order valence-corrected chi connectivity index (χ0v) is 10.8. The van der Waals surface area contributed by atoms with Gasteiger partial charge in [0.05, 0.1) is 11.8 Å². The maximum absolute atomic E-state index is 12.8. The zero-order valence-electron chi connectivity index (χ0n) is 10.0. The van der Waals surface area contributed by atoms with Crippen LogP contribution in [-0.2, 0) is 0 Å². The van der Waals surface area contributed by atoms with Crippen LogP contribution >= 0.6 is 11.8 Å². The van der Waals surface area contributed by atoms with E-state index in [4.69, 9.17) is 0 Å². The SMILES string of the molecule is CC[C@H](O)c1ccc(Sc2ccc(F)cc2)cn1. The summed E-state index contributed by atoms with van der Waals surface area (Å²) in [5.74, 6) is -0.237. The number of hydrogen-bond acceptors (Lipinski definition) is 3. The van der Waals surface area contributed by atoms with Gasteiger partial charge in [0.1, 0.15) is 5.82 Å². The number of halogens is 1. The molecule has 1 N–H and O–H groups in total. The number of aromatic nitrogens is 1. The van der Waals surface area contributed by atoms with Crippen LogP contribution in [-0.4, -0.2) is 10.1 Å². The lowest BCUT2D eigenvalue weighted by Crippen LogP contribution is -1.97. The van der Waals surface area contributed by atoms with Crippen molar-refractivity contribution in [1.29, 1.82) is 0 Å². The average molecular weight is 263 g/mol. The Labute approximate surface area is 110 Å². The molecule has 0 unspecified atom stereocenters. The summed E-state index contributed by atoms with van der Waals surface area (Å²) in [4.78, 5) is 6.14. The van der Waals surface area contributed by atoms with E-state index < -0.39 is 6.10 Å². The molecule has 1 aromatic heterocycles. The molecule has 0 aliphatic carbocycles. The topological polar surface area (TPSA) is 33.1 Å². The van der Waals surface area contributed by atoms with Crippen molar-refractivity contribution in [3.8, 4) is 0 Å². The molecule has 1 heterocycles. The van der Waals surface area contributed by atoms with Crippen molar-refractivity contribution in [2.24, 2.45) is 0 Å². The molecule has 0 fully saturated rings. The van der Waals surface area contributed by atoms with Crippen molar-refractivity contribution in [2.45, 2.75) is 29.2 Å². The number of hydrogen-bond donors (Lipinski definition) is 1. The maximum atomic E-state index is 12.8. The van der Waals surface area contributed by atoms with Crippen LogP contribution in [0.5, 0.6) is 0 Å². The number of pyridine rings is 1. The summed E-state index contributed by atoms with van der Waals surface area (Å²) in [6.45, 7) is 1.91. The number of aliphatic hydroxyl groups excluding tert-OH is 1. The molecule has 2 rings (SSSR count). The Balaban J connectivity index is 2.08. The molecule has 0 saturated carbocycles. The van der Waals surface area contributed by atoms with Gasteiger partial charge in [-0.2, -0.15) is 0 Å². The minimum Gasteiger partial charge on any atom is -0.387 e. The highest BCUT2D eigenvalue weighted by molar-refractivity contribution is 7.99. The minimum atomic E-state index is -0.505. The molecule has 1 atom stereocenters. The van der Waals surface area contributed by atoms with Crippen molar-refractivity contribution in [1.82, 2.24) is 4.98 Å². The van der Waals surface area contributed by atoms with Gasteiger partial charge in [0, 0.05) is 16.0 Å². The van der Waals surface area contributed by atoms with Crippen LogP contribution in [0.25, 0.3) is 0 Å². The first-order valence-corrected chi connectivity index (χ1v) is 6.58. The minimum absolute atomic E-state index is 0.237. The number of aliphatic hydroxyl groups is 1. The van der Waals surface area contributed by atoms with Crippen LogP contribution in [0.4, 0.5) is 4.39 Å². The van der Waals surface area contributed by atoms with E-state index in [0.29, 0.717) is 12.1 Å².